The van der Waals surface area contributed by atoms with Crippen molar-refractivity contribution in [3.8, 4) is 0 Å². The van der Waals surface area contributed by atoms with Gasteiger partial charge in [-0.1, -0.05) is 60.6 Å². The van der Waals surface area contributed by atoms with Crippen molar-refractivity contribution in [1.29, 1.82) is 0 Å². The van der Waals surface area contributed by atoms with E-state index < -0.39 is 7.80 Å². The van der Waals surface area contributed by atoms with Gasteiger partial charge in [-0.15, -0.1) is 0 Å². The maximum absolute atomic E-state index is 2.46. The number of hydrogen-bond donors (Lipinski definition) is 0. The smallest absolute Gasteiger partial charge is 0.319 e. The van der Waals surface area contributed by atoms with Crippen LogP contribution in [0, 0.1) is 13.8 Å². The van der Waals surface area contributed by atoms with Gasteiger partial charge in [0.15, 0.2) is 0 Å². The zero-order valence-corrected chi connectivity index (χ0v) is 15.0. The fraction of sp³-hybridized carbons (Fsp3) is 0.200. The third-order valence-corrected chi connectivity index (χ3v) is 7.43. The van der Waals surface area contributed by atoms with E-state index in [0.717, 1.165) is 6.54 Å². The van der Waals surface area contributed by atoms with Crippen molar-refractivity contribution in [2.45, 2.75) is 20.8 Å². The van der Waals surface area contributed by atoms with E-state index >= 15 is 0 Å². The van der Waals surface area contributed by atoms with Crippen molar-refractivity contribution in [3.63, 3.8) is 0 Å². The highest BCUT2D eigenvalue weighted by Gasteiger charge is 2.32. The molecular weight excluding hydrogens is 296 g/mol. The zero-order chi connectivity index (χ0) is 16.2. The molecule has 0 spiro atoms. The molecule has 0 N–H and O–H groups in total. The van der Waals surface area contributed by atoms with Gasteiger partial charge in [-0.2, -0.15) is 0 Å². The average Bonchev–Trinajstić information content (AvgIpc) is 2.59. The largest absolute Gasteiger partial charge is 0.413 e. The standard InChI is InChI=1S/C20H23BNP/c1-4-22-16-10-9-15-21(22)23(19-13-7-5-11-17(19)2)20-14-8-6-12-18(20)3/h5-16H,4H2,1-3H3. The normalized spacial score (nSPS) is 13.9. The molecule has 0 saturated heterocycles. The van der Waals surface area contributed by atoms with Crippen LogP contribution >= 0.6 is 7.80 Å². The summed E-state index contributed by atoms with van der Waals surface area (Å²) >= 11 is 0. The van der Waals surface area contributed by atoms with Crippen LogP contribution in [-0.2, 0) is 0 Å². The second kappa shape index (κ2) is 7.19. The van der Waals surface area contributed by atoms with Crippen molar-refractivity contribution in [2.75, 3.05) is 6.54 Å². The second-order valence-electron chi connectivity index (χ2n) is 5.91. The topological polar surface area (TPSA) is 3.24 Å². The van der Waals surface area contributed by atoms with E-state index in [1.807, 2.05) is 0 Å². The maximum atomic E-state index is 2.46. The lowest BCUT2D eigenvalue weighted by Crippen LogP contribution is -2.40. The number of nitrogens with zero attached hydrogens (tertiary/aromatic N) is 1. The summed E-state index contributed by atoms with van der Waals surface area (Å²) < 4.78 is 0. The molecule has 0 aromatic heterocycles. The minimum Gasteiger partial charge on any atom is -0.413 e. The molecule has 1 aliphatic rings. The van der Waals surface area contributed by atoms with Gasteiger partial charge in [0, 0.05) is 6.54 Å². The summed E-state index contributed by atoms with van der Waals surface area (Å²) in [6.07, 6.45) is 6.57. The summed E-state index contributed by atoms with van der Waals surface area (Å²) in [5.41, 5.74) is 2.78. The van der Waals surface area contributed by atoms with Gasteiger partial charge >= 0.3 is 6.57 Å². The fourth-order valence-electron chi connectivity index (χ4n) is 3.13. The summed E-state index contributed by atoms with van der Waals surface area (Å²) in [4.78, 5) is 2.46. The van der Waals surface area contributed by atoms with Crippen LogP contribution in [-0.4, -0.2) is 17.9 Å². The number of rotatable bonds is 4. The Kier molecular flexibility index (Phi) is 5.03. The predicted molar refractivity (Wildman–Crippen MR) is 105 cm³/mol. The molecular formula is C20H23BNP. The first-order chi connectivity index (χ1) is 11.2. The Bertz CT molecular complexity index is 692. The molecule has 2 aromatic rings. The summed E-state index contributed by atoms with van der Waals surface area (Å²) in [7, 11) is -0.468. The van der Waals surface area contributed by atoms with Gasteiger partial charge in [-0.25, -0.2) is 0 Å². The van der Waals surface area contributed by atoms with Crippen molar-refractivity contribution < 1.29 is 0 Å². The third-order valence-electron chi connectivity index (χ3n) is 4.39. The maximum Gasteiger partial charge on any atom is 0.319 e. The van der Waals surface area contributed by atoms with Gasteiger partial charge in [-0.3, -0.25) is 0 Å². The van der Waals surface area contributed by atoms with Gasteiger partial charge in [0.05, 0.1) is 0 Å². The number of hydrogen-bond acceptors (Lipinski definition) is 1. The van der Waals surface area contributed by atoms with E-state index in [1.54, 1.807) is 0 Å². The predicted octanol–water partition coefficient (Wildman–Crippen LogP) is 4.17. The van der Waals surface area contributed by atoms with Crippen LogP contribution < -0.4 is 10.6 Å². The van der Waals surface area contributed by atoms with Crippen LogP contribution in [0.25, 0.3) is 0 Å². The molecule has 0 aliphatic carbocycles. The molecule has 0 radical (unpaired) electrons. The second-order valence-corrected chi connectivity index (χ2v) is 8.15. The first-order valence-electron chi connectivity index (χ1n) is 8.23. The molecule has 0 bridgehead atoms. The van der Waals surface area contributed by atoms with Gasteiger partial charge in [0.2, 0.25) is 0 Å². The molecule has 0 atom stereocenters. The number of allylic oxidation sites excluding steroid dienone is 2. The number of benzene rings is 2. The molecule has 1 aliphatic heterocycles. The Morgan fingerprint density at radius 1 is 0.870 bits per heavy atom. The van der Waals surface area contributed by atoms with E-state index in [9.17, 15) is 0 Å². The Hall–Kier alpha value is -1.79. The summed E-state index contributed by atoms with van der Waals surface area (Å²) in [5.74, 6) is 2.37. The zero-order valence-electron chi connectivity index (χ0n) is 14.1. The quantitative estimate of drug-likeness (QED) is 0.604. The molecule has 1 heterocycles. The summed E-state index contributed by atoms with van der Waals surface area (Å²) in [5, 5.41) is 2.97. The molecule has 3 rings (SSSR count). The Morgan fingerprint density at radius 3 is 1.96 bits per heavy atom. The first kappa shape index (κ1) is 16.1. The summed E-state index contributed by atoms with van der Waals surface area (Å²) in [6.45, 7) is 8.16. The van der Waals surface area contributed by atoms with Gasteiger partial charge in [0.1, 0.15) is 0 Å². The van der Waals surface area contributed by atoms with Crippen LogP contribution in [0.3, 0.4) is 0 Å². The molecule has 0 amide bonds. The molecule has 1 nitrogen and oxygen atoms in total. The van der Waals surface area contributed by atoms with Crippen molar-refractivity contribution in [3.05, 3.63) is 84.0 Å². The fourth-order valence-corrected chi connectivity index (χ4v) is 6.17. The highest BCUT2D eigenvalue weighted by molar-refractivity contribution is 8.01. The lowest BCUT2D eigenvalue weighted by molar-refractivity contribution is 0.622. The monoisotopic (exact) mass is 319 g/mol. The lowest BCUT2D eigenvalue weighted by atomic mass is 9.86. The van der Waals surface area contributed by atoms with Crippen molar-refractivity contribution in [2.24, 2.45) is 0 Å². The van der Waals surface area contributed by atoms with E-state index in [4.69, 9.17) is 0 Å². The van der Waals surface area contributed by atoms with Crippen LogP contribution in [0.2, 0.25) is 0 Å². The van der Waals surface area contributed by atoms with Crippen molar-refractivity contribution >= 4 is 25.0 Å². The van der Waals surface area contributed by atoms with E-state index in [-0.39, 0.29) is 0 Å². The van der Waals surface area contributed by atoms with Crippen LogP contribution in [0.5, 0.6) is 0 Å². The molecule has 0 unspecified atom stereocenters. The highest BCUT2D eigenvalue weighted by Crippen LogP contribution is 2.41. The van der Waals surface area contributed by atoms with Gasteiger partial charge in [0.25, 0.3) is 0 Å². The van der Waals surface area contributed by atoms with Crippen LogP contribution in [0.15, 0.2) is 72.9 Å². The van der Waals surface area contributed by atoms with Crippen molar-refractivity contribution in [1.82, 2.24) is 4.81 Å². The molecule has 2 aromatic carbocycles. The highest BCUT2D eigenvalue weighted by atomic mass is 31.1. The van der Waals surface area contributed by atoms with E-state index in [2.05, 4.69) is 98.4 Å². The first-order valence-corrected chi connectivity index (χ1v) is 9.64. The molecule has 0 fully saturated rings. The van der Waals surface area contributed by atoms with Gasteiger partial charge in [-0.05, 0) is 62.6 Å². The lowest BCUT2D eigenvalue weighted by Gasteiger charge is -2.34. The minimum atomic E-state index is -0.468. The third kappa shape index (κ3) is 3.28. The molecule has 116 valence electrons. The van der Waals surface area contributed by atoms with Crippen LogP contribution in [0.1, 0.15) is 18.1 Å². The Balaban J connectivity index is 2.15. The van der Waals surface area contributed by atoms with Gasteiger partial charge < -0.3 is 4.81 Å². The van der Waals surface area contributed by atoms with E-state index in [1.165, 1.54) is 21.7 Å². The van der Waals surface area contributed by atoms with E-state index in [0.29, 0.717) is 6.57 Å². The number of aryl methyl sites for hydroxylation is 2. The average molecular weight is 319 g/mol. The minimum absolute atomic E-state index is 0.419. The Morgan fingerprint density at radius 2 is 1.43 bits per heavy atom. The molecule has 23 heavy (non-hydrogen) atoms. The molecule has 3 heteroatoms. The molecule has 0 saturated carbocycles. The summed E-state index contributed by atoms with van der Waals surface area (Å²) in [6, 6.07) is 17.7. The Labute approximate surface area is 141 Å². The SMILES string of the molecule is CCN1C=CC=CB1P(c1ccccc1C)c1ccccc1C. The van der Waals surface area contributed by atoms with Crippen LogP contribution in [0.4, 0.5) is 0 Å².